The highest BCUT2D eigenvalue weighted by Gasteiger charge is 2.21. The van der Waals surface area contributed by atoms with Crippen molar-refractivity contribution in [1.82, 2.24) is 0 Å². The molecule has 0 fully saturated rings. The lowest BCUT2D eigenvalue weighted by atomic mass is 9.98. The van der Waals surface area contributed by atoms with Crippen LogP contribution in [0.2, 0.25) is 0 Å². The summed E-state index contributed by atoms with van der Waals surface area (Å²) in [6, 6.07) is 7.85. The summed E-state index contributed by atoms with van der Waals surface area (Å²) in [4.78, 5) is 0. The van der Waals surface area contributed by atoms with E-state index in [1.807, 2.05) is 39.0 Å². The van der Waals surface area contributed by atoms with Crippen molar-refractivity contribution in [3.63, 3.8) is 0 Å². The standard InChI is InChI=1S/C13H18N2O/c1-4-13(3,9-16)15-12-6-5-10(2)7-11(12)8-14/h5-7,15-16H,4,9H2,1-3H3. The van der Waals surface area contributed by atoms with Gasteiger partial charge < -0.3 is 10.4 Å². The first-order chi connectivity index (χ1) is 7.54. The van der Waals surface area contributed by atoms with Crippen LogP contribution in [0, 0.1) is 18.3 Å². The van der Waals surface area contributed by atoms with Gasteiger partial charge in [0.2, 0.25) is 0 Å². The van der Waals surface area contributed by atoms with Gasteiger partial charge in [0.05, 0.1) is 23.4 Å². The first-order valence-corrected chi connectivity index (χ1v) is 5.44. The van der Waals surface area contributed by atoms with Crippen molar-refractivity contribution >= 4 is 5.69 Å². The number of benzene rings is 1. The first kappa shape index (κ1) is 12.5. The molecule has 1 atom stereocenters. The summed E-state index contributed by atoms with van der Waals surface area (Å²) in [5.41, 5.74) is 2.09. The van der Waals surface area contributed by atoms with Crippen LogP contribution in [-0.2, 0) is 0 Å². The Morgan fingerprint density at radius 1 is 1.50 bits per heavy atom. The maximum absolute atomic E-state index is 9.32. The van der Waals surface area contributed by atoms with Crippen LogP contribution < -0.4 is 5.32 Å². The van der Waals surface area contributed by atoms with Crippen LogP contribution in [0.5, 0.6) is 0 Å². The van der Waals surface area contributed by atoms with Gasteiger partial charge in [-0.2, -0.15) is 5.26 Å². The van der Waals surface area contributed by atoms with Gasteiger partial charge in [-0.3, -0.25) is 0 Å². The monoisotopic (exact) mass is 218 g/mol. The Balaban J connectivity index is 3.02. The molecule has 0 aromatic heterocycles. The Hall–Kier alpha value is -1.53. The van der Waals surface area contributed by atoms with Gasteiger partial charge >= 0.3 is 0 Å². The highest BCUT2D eigenvalue weighted by molar-refractivity contribution is 5.59. The lowest BCUT2D eigenvalue weighted by molar-refractivity contribution is 0.219. The van der Waals surface area contributed by atoms with Crippen LogP contribution >= 0.6 is 0 Å². The maximum Gasteiger partial charge on any atom is 0.101 e. The van der Waals surface area contributed by atoms with E-state index in [1.165, 1.54) is 0 Å². The maximum atomic E-state index is 9.32. The van der Waals surface area contributed by atoms with Gasteiger partial charge in [0.25, 0.3) is 0 Å². The minimum atomic E-state index is -0.374. The van der Waals surface area contributed by atoms with Crippen molar-refractivity contribution in [2.75, 3.05) is 11.9 Å². The van der Waals surface area contributed by atoms with Crippen LogP contribution in [0.15, 0.2) is 18.2 Å². The molecule has 0 saturated heterocycles. The Morgan fingerprint density at radius 2 is 2.19 bits per heavy atom. The fourth-order valence-electron chi connectivity index (χ4n) is 1.42. The molecule has 3 heteroatoms. The third kappa shape index (κ3) is 2.74. The fourth-order valence-corrected chi connectivity index (χ4v) is 1.42. The van der Waals surface area contributed by atoms with E-state index in [1.54, 1.807) is 0 Å². The molecule has 86 valence electrons. The number of nitrogens with one attached hydrogen (secondary N) is 1. The van der Waals surface area contributed by atoms with E-state index in [2.05, 4.69) is 11.4 Å². The lowest BCUT2D eigenvalue weighted by Gasteiger charge is -2.29. The molecule has 0 aliphatic heterocycles. The number of nitriles is 1. The van der Waals surface area contributed by atoms with Crippen molar-refractivity contribution < 1.29 is 5.11 Å². The minimum absolute atomic E-state index is 0.0439. The van der Waals surface area contributed by atoms with Crippen molar-refractivity contribution in [3.05, 3.63) is 29.3 Å². The Kier molecular flexibility index (Phi) is 3.92. The number of nitrogens with zero attached hydrogens (tertiary/aromatic N) is 1. The summed E-state index contributed by atoms with van der Waals surface area (Å²) in [7, 11) is 0. The van der Waals surface area contributed by atoms with Gasteiger partial charge in [-0.1, -0.05) is 13.0 Å². The molecule has 0 aliphatic carbocycles. The molecule has 0 amide bonds. The molecule has 0 bridgehead atoms. The average molecular weight is 218 g/mol. The largest absolute Gasteiger partial charge is 0.394 e. The fraction of sp³-hybridized carbons (Fsp3) is 0.462. The van der Waals surface area contributed by atoms with E-state index in [9.17, 15) is 5.11 Å². The molecule has 1 unspecified atom stereocenters. The van der Waals surface area contributed by atoms with E-state index >= 15 is 0 Å². The molecule has 0 spiro atoms. The predicted octanol–water partition coefficient (Wildman–Crippen LogP) is 2.44. The number of hydrogen-bond acceptors (Lipinski definition) is 3. The summed E-state index contributed by atoms with van der Waals surface area (Å²) >= 11 is 0. The number of aliphatic hydroxyl groups excluding tert-OH is 1. The molecule has 0 radical (unpaired) electrons. The number of aryl methyl sites for hydroxylation is 1. The van der Waals surface area contributed by atoms with Gasteiger partial charge in [-0.05, 0) is 38.0 Å². The van der Waals surface area contributed by atoms with E-state index in [0.717, 1.165) is 17.7 Å². The van der Waals surface area contributed by atoms with Crippen LogP contribution in [0.1, 0.15) is 31.4 Å². The second kappa shape index (κ2) is 5.00. The summed E-state index contributed by atoms with van der Waals surface area (Å²) < 4.78 is 0. The summed E-state index contributed by atoms with van der Waals surface area (Å²) in [6.07, 6.45) is 0.794. The van der Waals surface area contributed by atoms with E-state index < -0.39 is 0 Å². The lowest BCUT2D eigenvalue weighted by Crippen LogP contribution is -2.38. The minimum Gasteiger partial charge on any atom is -0.394 e. The van der Waals surface area contributed by atoms with Crippen molar-refractivity contribution in [3.8, 4) is 6.07 Å². The molecular weight excluding hydrogens is 200 g/mol. The van der Waals surface area contributed by atoms with Gasteiger partial charge in [0.1, 0.15) is 6.07 Å². The molecule has 1 rings (SSSR count). The Morgan fingerprint density at radius 3 is 2.69 bits per heavy atom. The molecule has 0 heterocycles. The average Bonchev–Trinajstić information content (AvgIpc) is 2.31. The van der Waals surface area contributed by atoms with E-state index in [-0.39, 0.29) is 12.1 Å². The zero-order chi connectivity index (χ0) is 12.2. The highest BCUT2D eigenvalue weighted by Crippen LogP contribution is 2.22. The molecular formula is C13H18N2O. The normalized spacial score (nSPS) is 13.9. The Bertz CT molecular complexity index is 403. The van der Waals surface area contributed by atoms with Gasteiger partial charge in [0.15, 0.2) is 0 Å². The summed E-state index contributed by atoms with van der Waals surface area (Å²) in [6.45, 7) is 5.94. The van der Waals surface area contributed by atoms with Crippen molar-refractivity contribution in [2.45, 2.75) is 32.7 Å². The zero-order valence-electron chi connectivity index (χ0n) is 10.0. The van der Waals surface area contributed by atoms with Crippen LogP contribution in [0.3, 0.4) is 0 Å². The van der Waals surface area contributed by atoms with Gasteiger partial charge in [-0.15, -0.1) is 0 Å². The number of anilines is 1. The molecule has 1 aromatic rings. The quantitative estimate of drug-likeness (QED) is 0.816. The molecule has 2 N–H and O–H groups in total. The smallest absolute Gasteiger partial charge is 0.101 e. The first-order valence-electron chi connectivity index (χ1n) is 5.44. The second-order valence-corrected chi connectivity index (χ2v) is 4.36. The number of hydrogen-bond donors (Lipinski definition) is 2. The highest BCUT2D eigenvalue weighted by atomic mass is 16.3. The van der Waals surface area contributed by atoms with Crippen molar-refractivity contribution in [1.29, 1.82) is 5.26 Å². The van der Waals surface area contributed by atoms with Gasteiger partial charge in [0, 0.05) is 0 Å². The predicted molar refractivity (Wildman–Crippen MR) is 65.3 cm³/mol. The molecule has 3 nitrogen and oxygen atoms in total. The number of rotatable bonds is 4. The molecule has 1 aromatic carbocycles. The molecule has 16 heavy (non-hydrogen) atoms. The van der Waals surface area contributed by atoms with Crippen LogP contribution in [0.4, 0.5) is 5.69 Å². The summed E-state index contributed by atoms with van der Waals surface area (Å²) in [5.74, 6) is 0. The van der Waals surface area contributed by atoms with E-state index in [0.29, 0.717) is 5.56 Å². The topological polar surface area (TPSA) is 56.0 Å². The van der Waals surface area contributed by atoms with Crippen LogP contribution in [-0.4, -0.2) is 17.3 Å². The van der Waals surface area contributed by atoms with Gasteiger partial charge in [-0.25, -0.2) is 0 Å². The number of aliphatic hydroxyl groups is 1. The third-order valence-electron chi connectivity index (χ3n) is 2.86. The zero-order valence-corrected chi connectivity index (χ0v) is 10.0. The van der Waals surface area contributed by atoms with Crippen LogP contribution in [0.25, 0.3) is 0 Å². The SMILES string of the molecule is CCC(C)(CO)Nc1ccc(C)cc1C#N. The second-order valence-electron chi connectivity index (χ2n) is 4.36. The summed E-state index contributed by atoms with van der Waals surface area (Å²) in [5, 5.41) is 21.6. The molecule has 0 saturated carbocycles. The van der Waals surface area contributed by atoms with Crippen molar-refractivity contribution in [2.24, 2.45) is 0 Å². The molecule has 0 aliphatic rings. The van der Waals surface area contributed by atoms with E-state index in [4.69, 9.17) is 5.26 Å². The third-order valence-corrected chi connectivity index (χ3v) is 2.86. The Labute approximate surface area is 96.7 Å².